The minimum atomic E-state index is -5.56. The molecule has 0 spiro atoms. The Labute approximate surface area is 730 Å². The molecule has 0 radical (unpaired) electrons. The predicted octanol–water partition coefficient (Wildman–Crippen LogP) is 23.0. The number of hydrogen-bond acceptors (Lipinski definition) is 18. The Morgan fingerprint density at radius 1 is 0.358 bits per heavy atom. The second-order valence-corrected chi connectivity index (χ2v) is 37.2. The van der Waals surface area contributed by atoms with E-state index in [9.17, 15) is 58.8 Å². The maximum absolute atomic E-state index is 15.0. The molecule has 1 aliphatic carbocycles. The molecule has 1 saturated carbocycles. The highest BCUT2D eigenvalue weighted by atomic mass is 31.2. The highest BCUT2D eigenvalue weighted by molar-refractivity contribution is 7.46. The number of nitrogens with one attached hydrogen (secondary N) is 2. The van der Waals surface area contributed by atoms with Crippen LogP contribution in [0, 0.1) is 5.92 Å². The molecule has 1 heterocycles. The van der Waals surface area contributed by atoms with Gasteiger partial charge < -0.3 is 69.3 Å². The van der Waals surface area contributed by atoms with Crippen LogP contribution in [0.25, 0.3) is 0 Å². The Balaban J connectivity index is 2.56. The molecule has 2 rings (SSSR count). The summed E-state index contributed by atoms with van der Waals surface area (Å²) >= 11 is 0. The van der Waals surface area contributed by atoms with E-state index in [0.717, 1.165) is 180 Å². The van der Waals surface area contributed by atoms with E-state index in [0.29, 0.717) is 51.4 Å². The third kappa shape index (κ3) is 60.4. The molecule has 0 bridgehead atoms. The fourth-order valence-corrected chi connectivity index (χ4v) is 17.7. The fraction of sp³-hybridized carbons (Fsp3) is 0.938. The standard InChI is InChI=1S/C97H183N2O20P/c1-7-13-19-25-31-37-39-40-42-48-54-59-65-70-87(104)114-80(67-61-55-49-43-33-27-21-15-9-3)74-85(102)98-91-83(101)73-79(93(108)94(91)109)78-113-97-92(99-86(103)75-81(68-62-56-50-44-34-28-22-16-10-4)115-88(105)71-64-58-52-46-36-30-24-18-12-6)96(95(84(77-100)117-97)119-120(110,111)112)118-90(107)76-82(69-63-57-51-45-35-29-23-17-11-5)116-89(106)72-66-60-53-47-41-38-32-26-20-14-8-2/h79-84,91-97,100-101,108-109H,7-78H2,1-6H3,(H,98,102)(H,99,103)(H2,110,111,112)/t79?,80-,81-,82-,83?,84?,91?,92?,93?,94?,95?,96?,97?/m1/s1. The number of carbonyl (C=O) groups is 6. The number of phosphoric acid groups is 1. The molecule has 13 atom stereocenters. The van der Waals surface area contributed by atoms with Crippen molar-refractivity contribution in [2.75, 3.05) is 13.2 Å². The summed E-state index contributed by atoms with van der Waals surface area (Å²) in [6.45, 7) is 11.7. The van der Waals surface area contributed by atoms with Gasteiger partial charge in [-0.15, -0.1) is 0 Å². The van der Waals surface area contributed by atoms with Crippen molar-refractivity contribution in [1.82, 2.24) is 10.6 Å². The van der Waals surface area contributed by atoms with Gasteiger partial charge in [-0.1, -0.05) is 388 Å². The second-order valence-electron chi connectivity index (χ2n) is 36.0. The number of amides is 2. The Kier molecular flexibility index (Phi) is 72.2. The second kappa shape index (κ2) is 76.9. The van der Waals surface area contributed by atoms with Crippen LogP contribution in [-0.4, -0.2) is 152 Å². The zero-order valence-corrected chi connectivity index (χ0v) is 78.2. The van der Waals surface area contributed by atoms with E-state index in [1.54, 1.807) is 0 Å². The smallest absolute Gasteiger partial charge is 0.462 e. The molecule has 0 aromatic heterocycles. The molecule has 0 aromatic rings. The quantitative estimate of drug-likeness (QED) is 0.0121. The number of hydrogen-bond donors (Lipinski definition) is 8. The minimum Gasteiger partial charge on any atom is -0.462 e. The third-order valence-corrected chi connectivity index (χ3v) is 25.1. The van der Waals surface area contributed by atoms with Crippen LogP contribution < -0.4 is 10.6 Å². The zero-order chi connectivity index (χ0) is 87.7. The molecule has 10 unspecified atom stereocenters. The van der Waals surface area contributed by atoms with Crippen LogP contribution in [0.5, 0.6) is 0 Å². The Hall–Kier alpha value is -3.31. The molecule has 22 nitrogen and oxygen atoms in total. The summed E-state index contributed by atoms with van der Waals surface area (Å²) in [6.07, 6.45) is 50.0. The molecule has 706 valence electrons. The first-order valence-corrected chi connectivity index (χ1v) is 51.8. The Morgan fingerprint density at radius 2 is 0.633 bits per heavy atom. The topological polar surface area (TPSA) is 330 Å². The van der Waals surface area contributed by atoms with Crippen LogP contribution >= 0.6 is 7.82 Å². The molecule has 1 aliphatic heterocycles. The first kappa shape index (κ1) is 113. The van der Waals surface area contributed by atoms with Gasteiger partial charge in [-0.3, -0.25) is 33.3 Å². The summed E-state index contributed by atoms with van der Waals surface area (Å²) in [5.74, 6) is -4.77. The molecule has 0 aromatic carbocycles. The van der Waals surface area contributed by atoms with E-state index < -0.39 is 143 Å². The number of aliphatic hydroxyl groups excluding tert-OH is 4. The normalized spacial score (nSPS) is 20.2. The van der Waals surface area contributed by atoms with Crippen LogP contribution in [0.3, 0.4) is 0 Å². The van der Waals surface area contributed by atoms with Crippen LogP contribution in [-0.2, 0) is 66.3 Å². The molecular formula is C97H183N2O20P. The van der Waals surface area contributed by atoms with Crippen LogP contribution in [0.15, 0.2) is 0 Å². The first-order chi connectivity index (χ1) is 58.2. The highest BCUT2D eigenvalue weighted by Crippen LogP contribution is 2.43. The van der Waals surface area contributed by atoms with Gasteiger partial charge in [-0.2, -0.15) is 0 Å². The van der Waals surface area contributed by atoms with Gasteiger partial charge >= 0.3 is 31.7 Å². The first-order valence-electron chi connectivity index (χ1n) is 50.3. The predicted molar refractivity (Wildman–Crippen MR) is 481 cm³/mol. The molecule has 2 amide bonds. The van der Waals surface area contributed by atoms with Gasteiger partial charge in [-0.25, -0.2) is 4.57 Å². The number of aliphatic hydroxyl groups is 4. The van der Waals surface area contributed by atoms with E-state index in [4.69, 9.17) is 32.9 Å². The van der Waals surface area contributed by atoms with Crippen molar-refractivity contribution in [3.63, 3.8) is 0 Å². The maximum atomic E-state index is 15.0. The lowest BCUT2D eigenvalue weighted by Crippen LogP contribution is -2.67. The van der Waals surface area contributed by atoms with E-state index in [1.807, 2.05) is 0 Å². The SMILES string of the molecule is CCCCCCCCCCCCCCCC(=O)O[C@H](CCCCCCCCCCC)CC(=O)NC1C(O)CC(COC2OC(CO)C(OP(=O)(O)O)C(OC(=O)C[C@@H](CCCCCCCCCCC)OC(=O)CCCCCCCCCCCCC)C2NC(=O)C[C@@H](CCCCCCCCCCC)OC(=O)CCCCCCCCCCC)C(O)C1O. The average Bonchev–Trinajstić information content (AvgIpc) is 0.777. The molecule has 2 aliphatic rings. The van der Waals surface area contributed by atoms with Gasteiger partial charge in [0.2, 0.25) is 11.8 Å². The number of esters is 4. The number of ether oxygens (including phenoxy) is 6. The van der Waals surface area contributed by atoms with Crippen LogP contribution in [0.2, 0.25) is 0 Å². The lowest BCUT2D eigenvalue weighted by molar-refractivity contribution is -0.277. The third-order valence-electron chi connectivity index (χ3n) is 24.6. The van der Waals surface area contributed by atoms with E-state index in [-0.39, 0.29) is 38.1 Å². The summed E-state index contributed by atoms with van der Waals surface area (Å²) in [4.78, 5) is 106. The molecule has 1 saturated heterocycles. The maximum Gasteiger partial charge on any atom is 0.470 e. The Bertz CT molecular complexity index is 2510. The molecule has 8 N–H and O–H groups in total. The molecule has 23 heteroatoms. The van der Waals surface area contributed by atoms with E-state index in [2.05, 4.69) is 52.2 Å². The highest BCUT2D eigenvalue weighted by Gasteiger charge is 2.53. The number of carbonyl (C=O) groups excluding carboxylic acids is 6. The van der Waals surface area contributed by atoms with Gasteiger partial charge in [0, 0.05) is 25.2 Å². The number of phosphoric ester groups is 1. The lowest BCUT2D eigenvalue weighted by atomic mass is 9.79. The average molecular weight is 1730 g/mol. The van der Waals surface area contributed by atoms with Crippen molar-refractivity contribution in [3.8, 4) is 0 Å². The van der Waals surface area contributed by atoms with Crippen molar-refractivity contribution in [2.24, 2.45) is 5.92 Å². The van der Waals surface area contributed by atoms with Crippen molar-refractivity contribution in [1.29, 1.82) is 0 Å². The van der Waals surface area contributed by atoms with Gasteiger partial charge in [0.1, 0.15) is 42.7 Å². The molecule has 2 fully saturated rings. The summed E-state index contributed by atoms with van der Waals surface area (Å²) in [7, 11) is -5.56. The van der Waals surface area contributed by atoms with Crippen molar-refractivity contribution in [3.05, 3.63) is 0 Å². The van der Waals surface area contributed by atoms with Crippen molar-refractivity contribution < 1.29 is 96.5 Å². The number of unbranched alkanes of at least 4 members (excludes halogenated alkanes) is 54. The summed E-state index contributed by atoms with van der Waals surface area (Å²) in [5, 5.41) is 52.5. The number of rotatable bonds is 84. The largest absolute Gasteiger partial charge is 0.470 e. The van der Waals surface area contributed by atoms with E-state index >= 15 is 4.79 Å². The summed E-state index contributed by atoms with van der Waals surface area (Å²) in [5.41, 5.74) is 0. The van der Waals surface area contributed by atoms with E-state index in [1.165, 1.54) is 173 Å². The van der Waals surface area contributed by atoms with Crippen LogP contribution in [0.4, 0.5) is 0 Å². The van der Waals surface area contributed by atoms with Crippen molar-refractivity contribution >= 4 is 43.5 Å². The lowest BCUT2D eigenvalue weighted by Gasteiger charge is -2.46. The van der Waals surface area contributed by atoms with Gasteiger partial charge in [0.05, 0.1) is 50.7 Å². The summed E-state index contributed by atoms with van der Waals surface area (Å²) in [6, 6.07) is -3.10. The molecule has 120 heavy (non-hydrogen) atoms. The van der Waals surface area contributed by atoms with Gasteiger partial charge in [-0.05, 0) is 64.2 Å². The fourth-order valence-electron chi connectivity index (χ4n) is 17.1. The van der Waals surface area contributed by atoms with Crippen molar-refractivity contribution in [2.45, 2.75) is 564 Å². The Morgan fingerprint density at radius 3 is 0.925 bits per heavy atom. The zero-order valence-electron chi connectivity index (χ0n) is 77.3. The minimum absolute atomic E-state index is 0.135. The van der Waals surface area contributed by atoms with Crippen LogP contribution in [0.1, 0.15) is 491 Å². The van der Waals surface area contributed by atoms with Gasteiger partial charge in [0.15, 0.2) is 12.4 Å². The van der Waals surface area contributed by atoms with Gasteiger partial charge in [0.25, 0.3) is 0 Å². The molecular weight excluding hydrogens is 1540 g/mol. The summed E-state index contributed by atoms with van der Waals surface area (Å²) < 4.78 is 55.8. The monoisotopic (exact) mass is 1730 g/mol.